The van der Waals surface area contributed by atoms with Gasteiger partial charge in [-0.25, -0.2) is 0 Å². The number of aryl methyl sites for hydroxylation is 1. The minimum Gasteiger partial charge on any atom is -0.501 e. The van der Waals surface area contributed by atoms with Crippen molar-refractivity contribution in [2.75, 3.05) is 6.61 Å². The Morgan fingerprint density at radius 2 is 1.29 bits per heavy atom. The number of hydrogen-bond acceptors (Lipinski definition) is 1. The zero-order valence-electron chi connectivity index (χ0n) is 13.4. The van der Waals surface area contributed by atoms with Crippen LogP contribution >= 0.6 is 0 Å². The summed E-state index contributed by atoms with van der Waals surface area (Å²) in [4.78, 5) is 0. The summed E-state index contributed by atoms with van der Waals surface area (Å²) in [5.74, 6) is 0. The first-order valence-corrected chi connectivity index (χ1v) is 8.83. The maximum atomic E-state index is 5.64. The van der Waals surface area contributed by atoms with E-state index in [1.165, 1.54) is 81.8 Å². The highest BCUT2D eigenvalue weighted by Gasteiger charge is 2.00. The first-order chi connectivity index (χ1) is 10.5. The van der Waals surface area contributed by atoms with Crippen LogP contribution < -0.4 is 0 Å². The summed E-state index contributed by atoms with van der Waals surface area (Å²) in [5.41, 5.74) is 2.78. The zero-order chi connectivity index (χ0) is 14.6. The fourth-order valence-electron chi connectivity index (χ4n) is 3.03. The fraction of sp³-hybridized carbons (Fsp3) is 0.600. The Balaban J connectivity index is 1.88. The highest BCUT2D eigenvalue weighted by Crippen LogP contribution is 2.16. The molecule has 1 aliphatic rings. The summed E-state index contributed by atoms with van der Waals surface area (Å²) in [6.07, 6.45) is 18.8. The molecule has 2 rings (SSSR count). The molecule has 1 aliphatic heterocycles. The summed E-state index contributed by atoms with van der Waals surface area (Å²) >= 11 is 0. The zero-order valence-corrected chi connectivity index (χ0v) is 13.4. The van der Waals surface area contributed by atoms with E-state index >= 15 is 0 Å². The van der Waals surface area contributed by atoms with Gasteiger partial charge in [0.05, 0.1) is 12.9 Å². The molecule has 0 N–H and O–H groups in total. The molecule has 0 fully saturated rings. The van der Waals surface area contributed by atoms with Gasteiger partial charge in [-0.15, -0.1) is 0 Å². The summed E-state index contributed by atoms with van der Waals surface area (Å²) < 4.78 is 5.64. The van der Waals surface area contributed by atoms with Crippen LogP contribution in [0.25, 0.3) is 6.08 Å². The van der Waals surface area contributed by atoms with Gasteiger partial charge in [-0.2, -0.15) is 0 Å². The van der Waals surface area contributed by atoms with Crippen LogP contribution in [0.15, 0.2) is 30.5 Å². The Kier molecular flexibility index (Phi) is 8.05. The smallest absolute Gasteiger partial charge is 0.0873 e. The molecule has 0 bridgehead atoms. The predicted octanol–water partition coefficient (Wildman–Crippen LogP) is 6.13. The Labute approximate surface area is 130 Å². The molecule has 1 heterocycles. The summed E-state index contributed by atoms with van der Waals surface area (Å²) in [6, 6.07) is 8.72. The van der Waals surface area contributed by atoms with Gasteiger partial charge in [0.25, 0.3) is 0 Å². The van der Waals surface area contributed by atoms with Crippen LogP contribution in [-0.2, 0) is 11.2 Å². The normalized spacial score (nSPS) is 19.2. The third-order valence-corrected chi connectivity index (χ3v) is 4.36. The van der Waals surface area contributed by atoms with Crippen LogP contribution in [-0.4, -0.2) is 6.61 Å². The fourth-order valence-corrected chi connectivity index (χ4v) is 3.03. The average Bonchev–Trinajstić information content (AvgIpc) is 2.52. The van der Waals surface area contributed by atoms with Gasteiger partial charge in [-0.3, -0.25) is 0 Å². The molecule has 1 aromatic rings. The van der Waals surface area contributed by atoms with Crippen molar-refractivity contribution in [3.63, 3.8) is 0 Å². The van der Waals surface area contributed by atoms with E-state index in [0.29, 0.717) is 0 Å². The molecule has 0 radical (unpaired) electrons. The van der Waals surface area contributed by atoms with Crippen LogP contribution in [0.3, 0.4) is 0 Å². The van der Waals surface area contributed by atoms with Crippen molar-refractivity contribution in [1.82, 2.24) is 0 Å². The predicted molar refractivity (Wildman–Crippen MR) is 91.3 cm³/mol. The number of fused-ring (bicyclic) bond motifs is 1. The van der Waals surface area contributed by atoms with E-state index < -0.39 is 0 Å². The molecule has 1 aromatic carbocycles. The molecule has 0 saturated carbocycles. The summed E-state index contributed by atoms with van der Waals surface area (Å²) in [5, 5.41) is 0. The first kappa shape index (κ1) is 16.1. The van der Waals surface area contributed by atoms with Gasteiger partial charge in [-0.1, -0.05) is 75.6 Å². The molecular formula is C20H30O. The third-order valence-electron chi connectivity index (χ3n) is 4.36. The van der Waals surface area contributed by atoms with Crippen molar-refractivity contribution in [1.29, 1.82) is 0 Å². The highest BCUT2D eigenvalue weighted by molar-refractivity contribution is 5.52. The Hall–Kier alpha value is -1.24. The van der Waals surface area contributed by atoms with Gasteiger partial charge in [-0.05, 0) is 36.5 Å². The minimum absolute atomic E-state index is 0.860. The van der Waals surface area contributed by atoms with Gasteiger partial charge in [0.15, 0.2) is 0 Å². The molecule has 0 amide bonds. The van der Waals surface area contributed by atoms with Gasteiger partial charge in [0.1, 0.15) is 0 Å². The highest BCUT2D eigenvalue weighted by atomic mass is 16.5. The van der Waals surface area contributed by atoms with Gasteiger partial charge < -0.3 is 4.74 Å². The van der Waals surface area contributed by atoms with E-state index in [-0.39, 0.29) is 0 Å². The molecule has 0 saturated heterocycles. The quantitative estimate of drug-likeness (QED) is 0.557. The lowest BCUT2D eigenvalue weighted by Gasteiger charge is -2.06. The number of hydrogen-bond donors (Lipinski definition) is 0. The van der Waals surface area contributed by atoms with Crippen LogP contribution in [0.5, 0.6) is 0 Å². The summed E-state index contributed by atoms with van der Waals surface area (Å²) in [7, 11) is 0. The molecule has 0 aromatic heterocycles. The number of benzene rings is 1. The lowest BCUT2D eigenvalue weighted by molar-refractivity contribution is 0.243. The third kappa shape index (κ3) is 6.84. The Morgan fingerprint density at radius 3 is 2.05 bits per heavy atom. The largest absolute Gasteiger partial charge is 0.501 e. The van der Waals surface area contributed by atoms with Gasteiger partial charge in [0, 0.05) is 0 Å². The van der Waals surface area contributed by atoms with E-state index in [0.717, 1.165) is 6.61 Å². The lowest BCUT2D eigenvalue weighted by atomic mass is 10.00. The molecule has 0 unspecified atom stereocenters. The first-order valence-electron chi connectivity index (χ1n) is 8.83. The Bertz CT molecular complexity index is 408. The van der Waals surface area contributed by atoms with Crippen LogP contribution in [0.2, 0.25) is 0 Å². The van der Waals surface area contributed by atoms with Crippen molar-refractivity contribution in [3.8, 4) is 0 Å². The van der Waals surface area contributed by atoms with Crippen molar-refractivity contribution in [2.45, 2.75) is 70.6 Å². The van der Waals surface area contributed by atoms with Crippen molar-refractivity contribution in [2.24, 2.45) is 0 Å². The number of ether oxygens (including phenoxy) is 1. The van der Waals surface area contributed by atoms with Crippen molar-refractivity contribution in [3.05, 3.63) is 41.7 Å². The topological polar surface area (TPSA) is 9.23 Å². The average molecular weight is 286 g/mol. The standard InChI is InChI=1S/C20H30O/c1-2-4-6-8-12-17-21-18-16-20-15-11-10-14-19(20)13-9-7-5-3-1/h10-11,14-16,18H,1-9,12-13,17H2. The second kappa shape index (κ2) is 10.5. The summed E-state index contributed by atoms with van der Waals surface area (Å²) in [6.45, 7) is 0.860. The second-order valence-corrected chi connectivity index (χ2v) is 6.16. The molecule has 1 heteroatoms. The number of rotatable bonds is 0. The van der Waals surface area contributed by atoms with Crippen LogP contribution in [0.1, 0.15) is 75.3 Å². The van der Waals surface area contributed by atoms with E-state index in [1.807, 2.05) is 6.26 Å². The maximum Gasteiger partial charge on any atom is 0.0873 e. The second-order valence-electron chi connectivity index (χ2n) is 6.16. The minimum atomic E-state index is 0.860. The lowest BCUT2D eigenvalue weighted by Crippen LogP contribution is -1.91. The molecule has 0 spiro atoms. The SMILES string of the molecule is C1=Cc2ccccc2CCCCCCCCCCCCO1. The van der Waals surface area contributed by atoms with E-state index in [4.69, 9.17) is 4.74 Å². The molecular weight excluding hydrogens is 256 g/mol. The van der Waals surface area contributed by atoms with Crippen LogP contribution in [0, 0.1) is 0 Å². The van der Waals surface area contributed by atoms with E-state index in [9.17, 15) is 0 Å². The molecule has 0 aliphatic carbocycles. The van der Waals surface area contributed by atoms with Crippen LogP contribution in [0.4, 0.5) is 0 Å². The Morgan fingerprint density at radius 1 is 0.667 bits per heavy atom. The van der Waals surface area contributed by atoms with Crippen molar-refractivity contribution >= 4 is 6.08 Å². The van der Waals surface area contributed by atoms with E-state index in [2.05, 4.69) is 30.3 Å². The molecule has 116 valence electrons. The van der Waals surface area contributed by atoms with Gasteiger partial charge in [0.2, 0.25) is 0 Å². The molecule has 21 heavy (non-hydrogen) atoms. The molecule has 1 nitrogen and oxygen atoms in total. The van der Waals surface area contributed by atoms with E-state index in [1.54, 1.807) is 0 Å². The van der Waals surface area contributed by atoms with Gasteiger partial charge >= 0.3 is 0 Å². The molecule has 0 atom stereocenters. The monoisotopic (exact) mass is 286 g/mol. The van der Waals surface area contributed by atoms with Crippen molar-refractivity contribution < 1.29 is 4.74 Å². The maximum absolute atomic E-state index is 5.64.